The predicted octanol–water partition coefficient (Wildman–Crippen LogP) is 2.34. The highest BCUT2D eigenvalue weighted by Gasteiger charge is 2.31. The summed E-state index contributed by atoms with van der Waals surface area (Å²) in [7, 11) is 0. The molecule has 28 heavy (non-hydrogen) atoms. The number of anilines is 1. The Hall–Kier alpha value is -2.48. The molecule has 148 valence electrons. The van der Waals surface area contributed by atoms with Crippen LogP contribution in [-0.4, -0.2) is 58.9 Å². The number of amides is 2. The first-order valence-corrected chi connectivity index (χ1v) is 10.1. The molecule has 0 bridgehead atoms. The zero-order chi connectivity index (χ0) is 20.1. The van der Waals surface area contributed by atoms with Crippen LogP contribution in [0.1, 0.15) is 24.2 Å². The molecule has 2 amide bonds. The van der Waals surface area contributed by atoms with Gasteiger partial charge in [0.05, 0.1) is 0 Å². The summed E-state index contributed by atoms with van der Waals surface area (Å²) in [6, 6.07) is 8.32. The Bertz CT molecular complexity index is 805. The van der Waals surface area contributed by atoms with E-state index >= 15 is 0 Å². The van der Waals surface area contributed by atoms with Gasteiger partial charge >= 0.3 is 0 Å². The van der Waals surface area contributed by atoms with Crippen molar-refractivity contribution >= 4 is 33.7 Å². The minimum absolute atomic E-state index is 0.0117. The quantitative estimate of drug-likeness (QED) is 0.763. The third-order valence-corrected chi connectivity index (χ3v) is 5.28. The fourth-order valence-electron chi connectivity index (χ4n) is 3.12. The van der Waals surface area contributed by atoms with E-state index in [1.807, 2.05) is 30.9 Å². The molecule has 1 aromatic heterocycles. The third kappa shape index (κ3) is 4.86. The maximum atomic E-state index is 13.1. The van der Waals surface area contributed by atoms with Crippen LogP contribution in [-0.2, 0) is 4.79 Å². The zero-order valence-electron chi connectivity index (χ0n) is 16.0. The summed E-state index contributed by atoms with van der Waals surface area (Å²) < 4.78 is 0.904. The van der Waals surface area contributed by atoms with E-state index in [1.165, 1.54) is 0 Å². The maximum Gasteiger partial charge on any atom is 0.251 e. The highest BCUT2D eigenvalue weighted by Crippen LogP contribution is 2.15. The van der Waals surface area contributed by atoms with Crippen molar-refractivity contribution in [2.75, 3.05) is 31.1 Å². The molecule has 0 aliphatic carbocycles. The minimum Gasteiger partial charge on any atom is -0.340 e. The molecule has 7 nitrogen and oxygen atoms in total. The summed E-state index contributed by atoms with van der Waals surface area (Å²) >= 11 is 3.36. The fraction of sp³-hybridized carbons (Fsp3) is 0.400. The number of rotatable bonds is 5. The number of nitrogens with zero attached hydrogens (tertiary/aromatic N) is 4. The number of hydrogen-bond acceptors (Lipinski definition) is 5. The van der Waals surface area contributed by atoms with Gasteiger partial charge in [-0.25, -0.2) is 9.97 Å². The number of hydrogen-bond donors (Lipinski definition) is 1. The molecule has 0 unspecified atom stereocenters. The van der Waals surface area contributed by atoms with Gasteiger partial charge in [0.15, 0.2) is 0 Å². The largest absolute Gasteiger partial charge is 0.340 e. The van der Waals surface area contributed by atoms with Crippen LogP contribution in [0, 0.1) is 5.92 Å². The van der Waals surface area contributed by atoms with Gasteiger partial charge < -0.3 is 15.1 Å². The Balaban J connectivity index is 1.62. The number of piperazine rings is 1. The van der Waals surface area contributed by atoms with Gasteiger partial charge in [-0.1, -0.05) is 29.8 Å². The second kappa shape index (κ2) is 9.14. The Labute approximate surface area is 173 Å². The minimum atomic E-state index is -0.560. The van der Waals surface area contributed by atoms with Gasteiger partial charge in [0, 0.05) is 48.6 Å². The molecule has 0 saturated carbocycles. The van der Waals surface area contributed by atoms with Crippen LogP contribution in [0.3, 0.4) is 0 Å². The molecule has 0 spiro atoms. The molecule has 1 aromatic carbocycles. The topological polar surface area (TPSA) is 78.4 Å². The number of carbonyl (C=O) groups excluding carboxylic acids is 2. The first-order valence-electron chi connectivity index (χ1n) is 9.33. The van der Waals surface area contributed by atoms with E-state index in [1.54, 1.807) is 30.6 Å². The summed E-state index contributed by atoms with van der Waals surface area (Å²) in [5.41, 5.74) is 0.535. The lowest BCUT2D eigenvalue weighted by Crippen LogP contribution is -2.56. The van der Waals surface area contributed by atoms with E-state index in [4.69, 9.17) is 0 Å². The average Bonchev–Trinajstić information content (AvgIpc) is 2.72. The lowest BCUT2D eigenvalue weighted by molar-refractivity contribution is -0.134. The number of aromatic nitrogens is 2. The van der Waals surface area contributed by atoms with Crippen molar-refractivity contribution in [3.8, 4) is 0 Å². The Morgan fingerprint density at radius 3 is 2.21 bits per heavy atom. The molecule has 1 saturated heterocycles. The monoisotopic (exact) mass is 445 g/mol. The smallest absolute Gasteiger partial charge is 0.251 e. The average molecular weight is 446 g/mol. The van der Waals surface area contributed by atoms with Crippen molar-refractivity contribution in [3.05, 3.63) is 52.8 Å². The normalized spacial score (nSPS) is 15.4. The van der Waals surface area contributed by atoms with Crippen LogP contribution in [0.15, 0.2) is 47.2 Å². The van der Waals surface area contributed by atoms with Crippen LogP contribution in [0.5, 0.6) is 0 Å². The van der Waals surface area contributed by atoms with Crippen molar-refractivity contribution in [2.45, 2.75) is 19.9 Å². The van der Waals surface area contributed by atoms with E-state index in [0.717, 1.165) is 4.47 Å². The predicted molar refractivity (Wildman–Crippen MR) is 111 cm³/mol. The van der Waals surface area contributed by atoms with Crippen LogP contribution < -0.4 is 10.2 Å². The molecule has 1 atom stereocenters. The molecule has 0 radical (unpaired) electrons. The van der Waals surface area contributed by atoms with Crippen LogP contribution in [0.4, 0.5) is 5.95 Å². The number of nitrogens with one attached hydrogen (secondary N) is 1. The van der Waals surface area contributed by atoms with Crippen LogP contribution in [0.25, 0.3) is 0 Å². The molecular formula is C20H24BrN5O2. The Morgan fingerprint density at radius 2 is 1.64 bits per heavy atom. The Morgan fingerprint density at radius 1 is 1.04 bits per heavy atom. The lowest BCUT2D eigenvalue weighted by atomic mass is 10.0. The summed E-state index contributed by atoms with van der Waals surface area (Å²) in [5, 5.41) is 2.91. The molecule has 1 aliphatic rings. The number of halogens is 1. The summed E-state index contributed by atoms with van der Waals surface area (Å²) in [5.74, 6) is 0.380. The number of carbonyl (C=O) groups is 2. The second-order valence-corrected chi connectivity index (χ2v) is 7.98. The second-order valence-electron chi connectivity index (χ2n) is 7.06. The van der Waals surface area contributed by atoms with Gasteiger partial charge in [-0.2, -0.15) is 0 Å². The van der Waals surface area contributed by atoms with Gasteiger partial charge in [-0.15, -0.1) is 0 Å². The highest BCUT2D eigenvalue weighted by atomic mass is 79.9. The third-order valence-electron chi connectivity index (χ3n) is 4.75. The van der Waals surface area contributed by atoms with E-state index in [9.17, 15) is 9.59 Å². The van der Waals surface area contributed by atoms with Gasteiger partial charge in [0.1, 0.15) is 6.04 Å². The molecule has 3 rings (SSSR count). The van der Waals surface area contributed by atoms with Crippen molar-refractivity contribution in [1.82, 2.24) is 20.2 Å². The van der Waals surface area contributed by atoms with Crippen molar-refractivity contribution in [1.29, 1.82) is 0 Å². The molecule has 2 heterocycles. The van der Waals surface area contributed by atoms with Crippen LogP contribution >= 0.6 is 15.9 Å². The standard InChI is InChI=1S/C20H24BrN5O2/c1-14(2)17(24-18(27)15-4-6-16(21)7-5-15)19(28)25-10-12-26(13-11-25)20-22-8-3-9-23-20/h3-9,14,17H,10-13H2,1-2H3,(H,24,27)/t17-/m1/s1. The van der Waals surface area contributed by atoms with E-state index in [0.29, 0.717) is 37.7 Å². The van der Waals surface area contributed by atoms with Crippen molar-refractivity contribution in [2.24, 2.45) is 5.92 Å². The van der Waals surface area contributed by atoms with Crippen LogP contribution in [0.2, 0.25) is 0 Å². The summed E-state index contributed by atoms with van der Waals surface area (Å²) in [6.07, 6.45) is 3.43. The first kappa shape index (κ1) is 20.3. The summed E-state index contributed by atoms with van der Waals surface area (Å²) in [4.78, 5) is 38.0. The van der Waals surface area contributed by atoms with Gasteiger partial charge in [0.25, 0.3) is 5.91 Å². The highest BCUT2D eigenvalue weighted by molar-refractivity contribution is 9.10. The SMILES string of the molecule is CC(C)[C@@H](NC(=O)c1ccc(Br)cc1)C(=O)N1CCN(c2ncccn2)CC1. The number of benzene rings is 1. The first-order chi connectivity index (χ1) is 13.5. The van der Waals surface area contributed by atoms with Gasteiger partial charge in [-0.3, -0.25) is 9.59 Å². The molecule has 8 heteroatoms. The summed E-state index contributed by atoms with van der Waals surface area (Å²) in [6.45, 7) is 6.38. The zero-order valence-corrected chi connectivity index (χ0v) is 17.6. The van der Waals surface area contributed by atoms with E-state index in [2.05, 4.69) is 36.1 Å². The maximum absolute atomic E-state index is 13.1. The molecule has 2 aromatic rings. The fourth-order valence-corrected chi connectivity index (χ4v) is 3.38. The molecule has 1 N–H and O–H groups in total. The molecule has 1 fully saturated rings. The van der Waals surface area contributed by atoms with E-state index < -0.39 is 6.04 Å². The molecule has 1 aliphatic heterocycles. The van der Waals surface area contributed by atoms with Crippen molar-refractivity contribution in [3.63, 3.8) is 0 Å². The van der Waals surface area contributed by atoms with Gasteiger partial charge in [-0.05, 0) is 36.2 Å². The van der Waals surface area contributed by atoms with E-state index in [-0.39, 0.29) is 17.7 Å². The lowest BCUT2D eigenvalue weighted by Gasteiger charge is -2.37. The Kier molecular flexibility index (Phi) is 6.61. The van der Waals surface area contributed by atoms with Gasteiger partial charge in [0.2, 0.25) is 11.9 Å². The molecular weight excluding hydrogens is 422 g/mol. The van der Waals surface area contributed by atoms with Crippen molar-refractivity contribution < 1.29 is 9.59 Å².